The molecule has 0 amide bonds. The molecule has 0 saturated heterocycles. The fourth-order valence-corrected chi connectivity index (χ4v) is 1.95. The summed E-state index contributed by atoms with van der Waals surface area (Å²) in [6.45, 7) is 0. The van der Waals surface area contributed by atoms with Gasteiger partial charge in [-0.15, -0.1) is 0 Å². The van der Waals surface area contributed by atoms with Crippen molar-refractivity contribution in [2.24, 2.45) is 0 Å². The third-order valence-corrected chi connectivity index (χ3v) is 2.84. The second-order valence-corrected chi connectivity index (χ2v) is 3.90. The number of hydrogen-bond acceptors (Lipinski definition) is 2. The first kappa shape index (κ1) is 10.7. The maximum absolute atomic E-state index is 5.16. The number of methoxy groups -OCH3 is 1. The minimum atomic E-state index is 0.852. The van der Waals surface area contributed by atoms with Crippen LogP contribution in [0, 0.1) is 0 Å². The van der Waals surface area contributed by atoms with Crippen LogP contribution in [0.25, 0.3) is 17.2 Å². The van der Waals surface area contributed by atoms with Crippen LogP contribution in [-0.4, -0.2) is 21.6 Å². The highest BCUT2D eigenvalue weighted by Gasteiger charge is 2.07. The highest BCUT2D eigenvalue weighted by molar-refractivity contribution is 5.55. The van der Waals surface area contributed by atoms with E-state index >= 15 is 0 Å². The third kappa shape index (κ3) is 1.78. The molecule has 0 spiro atoms. The molecule has 1 aromatic carbocycles. The summed E-state index contributed by atoms with van der Waals surface area (Å²) in [6.07, 6.45) is 5.58. The van der Waals surface area contributed by atoms with Gasteiger partial charge in [0.2, 0.25) is 0 Å². The van der Waals surface area contributed by atoms with Gasteiger partial charge in [0.25, 0.3) is 0 Å². The standard InChI is InChI=1S/C14H13N3O/c1-18-12-6-4-11(5-7-12)17-10-2-3-13(17)14-15-8-9-16-14/h2-10H,1H3,(H,15,16). The van der Waals surface area contributed by atoms with Crippen molar-refractivity contribution >= 4 is 0 Å². The average molecular weight is 239 g/mol. The van der Waals surface area contributed by atoms with Crippen molar-refractivity contribution in [3.63, 3.8) is 0 Å². The van der Waals surface area contributed by atoms with E-state index < -0.39 is 0 Å². The molecule has 0 unspecified atom stereocenters. The zero-order chi connectivity index (χ0) is 12.4. The molecule has 2 aromatic heterocycles. The first-order valence-corrected chi connectivity index (χ1v) is 5.70. The predicted molar refractivity (Wildman–Crippen MR) is 69.9 cm³/mol. The summed E-state index contributed by atoms with van der Waals surface area (Å²) in [5, 5.41) is 0. The number of hydrogen-bond donors (Lipinski definition) is 1. The van der Waals surface area contributed by atoms with E-state index in [0.717, 1.165) is 23.0 Å². The van der Waals surface area contributed by atoms with Gasteiger partial charge >= 0.3 is 0 Å². The zero-order valence-electron chi connectivity index (χ0n) is 10.00. The van der Waals surface area contributed by atoms with Gasteiger partial charge in [-0.1, -0.05) is 0 Å². The van der Waals surface area contributed by atoms with Crippen LogP contribution in [-0.2, 0) is 0 Å². The average Bonchev–Trinajstić information content (AvgIpc) is 3.09. The summed E-state index contributed by atoms with van der Waals surface area (Å²) in [4.78, 5) is 7.39. The van der Waals surface area contributed by atoms with Crippen LogP contribution in [0.15, 0.2) is 55.0 Å². The largest absolute Gasteiger partial charge is 0.497 e. The lowest BCUT2D eigenvalue weighted by Gasteiger charge is -2.08. The number of benzene rings is 1. The molecule has 0 saturated carbocycles. The Morgan fingerprint density at radius 3 is 2.67 bits per heavy atom. The van der Waals surface area contributed by atoms with Gasteiger partial charge in [-0.05, 0) is 36.4 Å². The Morgan fingerprint density at radius 2 is 2.00 bits per heavy atom. The predicted octanol–water partition coefficient (Wildman–Crippen LogP) is 2.88. The van der Waals surface area contributed by atoms with Crippen molar-refractivity contribution < 1.29 is 4.74 Å². The minimum Gasteiger partial charge on any atom is -0.497 e. The lowest BCUT2D eigenvalue weighted by atomic mass is 10.3. The van der Waals surface area contributed by atoms with Crippen LogP contribution in [0.5, 0.6) is 5.75 Å². The molecule has 0 atom stereocenters. The molecule has 0 aliphatic carbocycles. The molecule has 90 valence electrons. The number of aromatic nitrogens is 3. The maximum atomic E-state index is 5.16. The Bertz CT molecular complexity index is 623. The third-order valence-electron chi connectivity index (χ3n) is 2.84. The first-order chi connectivity index (χ1) is 8.88. The Hall–Kier alpha value is -2.49. The van der Waals surface area contributed by atoms with Crippen molar-refractivity contribution in [3.05, 3.63) is 55.0 Å². The van der Waals surface area contributed by atoms with E-state index in [1.807, 2.05) is 48.8 Å². The Kier molecular flexibility index (Phi) is 2.61. The van der Waals surface area contributed by atoms with E-state index in [-0.39, 0.29) is 0 Å². The topological polar surface area (TPSA) is 42.8 Å². The summed E-state index contributed by atoms with van der Waals surface area (Å²) >= 11 is 0. The Balaban J connectivity index is 2.04. The Labute approximate surface area is 105 Å². The molecule has 2 heterocycles. The molecule has 3 aromatic rings. The molecule has 4 nitrogen and oxygen atoms in total. The van der Waals surface area contributed by atoms with E-state index in [2.05, 4.69) is 14.5 Å². The van der Waals surface area contributed by atoms with Crippen molar-refractivity contribution in [3.8, 4) is 23.0 Å². The fourth-order valence-electron chi connectivity index (χ4n) is 1.95. The SMILES string of the molecule is COc1ccc(-n2cccc2-c2ncc[nH]2)cc1. The molecule has 18 heavy (non-hydrogen) atoms. The quantitative estimate of drug-likeness (QED) is 0.763. The summed E-state index contributed by atoms with van der Waals surface area (Å²) < 4.78 is 7.24. The number of nitrogens with one attached hydrogen (secondary N) is 1. The summed E-state index contributed by atoms with van der Waals surface area (Å²) in [6, 6.07) is 12.0. The van der Waals surface area contributed by atoms with Crippen LogP contribution in [0.3, 0.4) is 0 Å². The van der Waals surface area contributed by atoms with Crippen LogP contribution in [0.1, 0.15) is 0 Å². The van der Waals surface area contributed by atoms with E-state index in [4.69, 9.17) is 4.74 Å². The molecule has 0 fully saturated rings. The van der Waals surface area contributed by atoms with Gasteiger partial charge in [0.05, 0.1) is 12.8 Å². The zero-order valence-corrected chi connectivity index (χ0v) is 10.00. The van der Waals surface area contributed by atoms with Gasteiger partial charge in [-0.25, -0.2) is 4.98 Å². The number of imidazole rings is 1. The molecule has 0 aliphatic rings. The number of rotatable bonds is 3. The molecule has 0 radical (unpaired) electrons. The lowest BCUT2D eigenvalue weighted by molar-refractivity contribution is 0.415. The highest BCUT2D eigenvalue weighted by atomic mass is 16.5. The van der Waals surface area contributed by atoms with Gasteiger partial charge in [-0.3, -0.25) is 0 Å². The molecule has 4 heteroatoms. The van der Waals surface area contributed by atoms with Crippen molar-refractivity contribution in [2.75, 3.05) is 7.11 Å². The normalized spacial score (nSPS) is 10.5. The second-order valence-electron chi connectivity index (χ2n) is 3.90. The van der Waals surface area contributed by atoms with Crippen LogP contribution >= 0.6 is 0 Å². The minimum absolute atomic E-state index is 0.852. The van der Waals surface area contributed by atoms with Crippen molar-refractivity contribution in [2.45, 2.75) is 0 Å². The second kappa shape index (κ2) is 4.41. The molecule has 1 N–H and O–H groups in total. The van der Waals surface area contributed by atoms with Crippen LogP contribution in [0.4, 0.5) is 0 Å². The molecular formula is C14H13N3O. The first-order valence-electron chi connectivity index (χ1n) is 5.70. The van der Waals surface area contributed by atoms with Gasteiger partial charge in [0.15, 0.2) is 5.82 Å². The smallest absolute Gasteiger partial charge is 0.154 e. The van der Waals surface area contributed by atoms with Crippen LogP contribution < -0.4 is 4.74 Å². The summed E-state index contributed by atoms with van der Waals surface area (Å²) in [5.74, 6) is 1.71. The van der Waals surface area contributed by atoms with Crippen molar-refractivity contribution in [1.82, 2.24) is 14.5 Å². The highest BCUT2D eigenvalue weighted by Crippen LogP contribution is 2.22. The monoisotopic (exact) mass is 239 g/mol. The maximum Gasteiger partial charge on any atom is 0.154 e. The Morgan fingerprint density at radius 1 is 1.17 bits per heavy atom. The molecule has 0 aliphatic heterocycles. The summed E-state index contributed by atoms with van der Waals surface area (Å²) in [5.41, 5.74) is 2.11. The van der Waals surface area contributed by atoms with Gasteiger partial charge in [-0.2, -0.15) is 0 Å². The number of H-pyrrole nitrogens is 1. The van der Waals surface area contributed by atoms with E-state index in [9.17, 15) is 0 Å². The van der Waals surface area contributed by atoms with Gasteiger partial charge < -0.3 is 14.3 Å². The molecule has 3 rings (SSSR count). The van der Waals surface area contributed by atoms with Gasteiger partial charge in [0.1, 0.15) is 5.75 Å². The van der Waals surface area contributed by atoms with Gasteiger partial charge in [0, 0.05) is 24.3 Å². The fraction of sp³-hybridized carbons (Fsp3) is 0.0714. The van der Waals surface area contributed by atoms with Crippen LogP contribution in [0.2, 0.25) is 0 Å². The lowest BCUT2D eigenvalue weighted by Crippen LogP contribution is -1.96. The number of aromatic amines is 1. The number of ether oxygens (including phenoxy) is 1. The summed E-state index contributed by atoms with van der Waals surface area (Å²) in [7, 11) is 1.67. The number of nitrogens with zero attached hydrogens (tertiary/aromatic N) is 2. The van der Waals surface area contributed by atoms with E-state index in [1.165, 1.54) is 0 Å². The molecular weight excluding hydrogens is 226 g/mol. The van der Waals surface area contributed by atoms with E-state index in [1.54, 1.807) is 13.3 Å². The van der Waals surface area contributed by atoms with E-state index in [0.29, 0.717) is 0 Å². The van der Waals surface area contributed by atoms with Crippen molar-refractivity contribution in [1.29, 1.82) is 0 Å². The molecule has 0 bridgehead atoms.